The fraction of sp³-hybridized carbons (Fsp3) is 0.0588. The number of nitrogen functional groups attached to an aromatic ring is 1. The summed E-state index contributed by atoms with van der Waals surface area (Å²) in [5.41, 5.74) is 10.7. The van der Waals surface area contributed by atoms with Gasteiger partial charge in [-0.2, -0.15) is 0 Å². The Hall–Kier alpha value is -3.08. The van der Waals surface area contributed by atoms with Gasteiger partial charge < -0.3 is 16.0 Å². The van der Waals surface area contributed by atoms with E-state index in [0.717, 1.165) is 38.7 Å². The number of benzene rings is 2. The van der Waals surface area contributed by atoms with Crippen LogP contribution in [-0.4, -0.2) is 15.0 Å². The number of rotatable bonds is 2. The van der Waals surface area contributed by atoms with Crippen LogP contribution >= 0.6 is 0 Å². The normalized spacial score (nSPS) is 11.1. The van der Waals surface area contributed by atoms with Crippen LogP contribution in [0.15, 0.2) is 48.8 Å². The number of anilines is 3. The van der Waals surface area contributed by atoms with Crippen LogP contribution in [0.25, 0.3) is 21.8 Å². The Kier molecular flexibility index (Phi) is 2.72. The molecular weight excluding hydrogens is 274 g/mol. The van der Waals surface area contributed by atoms with Crippen molar-refractivity contribution in [3.05, 3.63) is 54.4 Å². The summed E-state index contributed by atoms with van der Waals surface area (Å²) in [6, 6.07) is 11.9. The van der Waals surface area contributed by atoms with Gasteiger partial charge in [-0.25, -0.2) is 9.97 Å². The lowest BCUT2D eigenvalue weighted by Crippen LogP contribution is -1.99. The average Bonchev–Trinajstić information content (AvgIpc) is 2.97. The highest BCUT2D eigenvalue weighted by Gasteiger charge is 2.06. The zero-order chi connectivity index (χ0) is 15.1. The van der Waals surface area contributed by atoms with Crippen LogP contribution in [0.2, 0.25) is 0 Å². The number of aromatic amines is 1. The smallest absolute Gasteiger partial charge is 0.227 e. The summed E-state index contributed by atoms with van der Waals surface area (Å²) in [5, 5.41) is 5.27. The molecule has 22 heavy (non-hydrogen) atoms. The van der Waals surface area contributed by atoms with Crippen molar-refractivity contribution in [3.63, 3.8) is 0 Å². The van der Waals surface area contributed by atoms with Crippen molar-refractivity contribution in [1.29, 1.82) is 0 Å². The lowest BCUT2D eigenvalue weighted by Gasteiger charge is -2.08. The summed E-state index contributed by atoms with van der Waals surface area (Å²) in [7, 11) is 0. The molecule has 0 amide bonds. The first-order chi connectivity index (χ1) is 10.7. The molecule has 4 aromatic rings. The van der Waals surface area contributed by atoms with Gasteiger partial charge in [0.05, 0.1) is 5.52 Å². The number of nitrogens with one attached hydrogen (secondary N) is 2. The van der Waals surface area contributed by atoms with Gasteiger partial charge in [-0.05, 0) is 30.7 Å². The summed E-state index contributed by atoms with van der Waals surface area (Å²) in [6.45, 7) is 2.04. The molecule has 4 rings (SSSR count). The zero-order valence-corrected chi connectivity index (χ0v) is 12.1. The molecular formula is C17H15N5. The molecule has 0 aliphatic rings. The first-order valence-electron chi connectivity index (χ1n) is 7.07. The second kappa shape index (κ2) is 4.73. The van der Waals surface area contributed by atoms with Crippen LogP contribution in [0, 0.1) is 6.92 Å². The number of H-pyrrole nitrogens is 1. The number of nitrogens with two attached hydrogens (primary N) is 1. The average molecular weight is 289 g/mol. The van der Waals surface area contributed by atoms with E-state index < -0.39 is 0 Å². The number of aryl methyl sites for hydroxylation is 1. The molecule has 0 saturated heterocycles. The van der Waals surface area contributed by atoms with Gasteiger partial charge in [-0.15, -0.1) is 0 Å². The predicted octanol–water partition coefficient (Wildman–Crippen LogP) is 3.75. The monoisotopic (exact) mass is 289 g/mol. The maximum absolute atomic E-state index is 6.07. The molecule has 0 radical (unpaired) electrons. The van der Waals surface area contributed by atoms with Gasteiger partial charge in [-0.3, -0.25) is 0 Å². The number of aromatic nitrogens is 3. The third-order valence-electron chi connectivity index (χ3n) is 3.77. The van der Waals surface area contributed by atoms with Crippen molar-refractivity contribution in [1.82, 2.24) is 15.0 Å². The van der Waals surface area contributed by atoms with E-state index in [1.165, 1.54) is 0 Å². The molecule has 2 heterocycles. The van der Waals surface area contributed by atoms with E-state index >= 15 is 0 Å². The lowest BCUT2D eigenvalue weighted by molar-refractivity contribution is 1.20. The Bertz CT molecular complexity index is 987. The van der Waals surface area contributed by atoms with Crippen LogP contribution in [0.3, 0.4) is 0 Å². The predicted molar refractivity (Wildman–Crippen MR) is 90.3 cm³/mol. The Morgan fingerprint density at radius 2 is 2.09 bits per heavy atom. The van der Waals surface area contributed by atoms with Crippen LogP contribution in [0.5, 0.6) is 0 Å². The first kappa shape index (κ1) is 12.6. The van der Waals surface area contributed by atoms with E-state index in [1.54, 1.807) is 0 Å². The SMILES string of the molecule is Cc1cccc2cnc(Nc3cc(N)c4cc[nH]c4c3)nc12. The molecule has 5 heteroatoms. The van der Waals surface area contributed by atoms with Gasteiger partial charge >= 0.3 is 0 Å². The molecule has 0 fully saturated rings. The third kappa shape index (κ3) is 2.03. The summed E-state index contributed by atoms with van der Waals surface area (Å²) in [5.74, 6) is 0.562. The second-order valence-electron chi connectivity index (χ2n) is 5.34. The summed E-state index contributed by atoms with van der Waals surface area (Å²) in [6.07, 6.45) is 3.70. The van der Waals surface area contributed by atoms with Gasteiger partial charge in [0, 0.05) is 40.1 Å². The van der Waals surface area contributed by atoms with Gasteiger partial charge in [0.1, 0.15) is 0 Å². The molecule has 0 aliphatic heterocycles. The highest BCUT2D eigenvalue weighted by molar-refractivity contribution is 5.94. The van der Waals surface area contributed by atoms with Crippen molar-refractivity contribution in [3.8, 4) is 0 Å². The van der Waals surface area contributed by atoms with Crippen LogP contribution in [-0.2, 0) is 0 Å². The highest BCUT2D eigenvalue weighted by Crippen LogP contribution is 2.26. The number of hydrogen-bond donors (Lipinski definition) is 3. The zero-order valence-electron chi connectivity index (χ0n) is 12.1. The molecule has 5 nitrogen and oxygen atoms in total. The highest BCUT2D eigenvalue weighted by atomic mass is 15.1. The van der Waals surface area contributed by atoms with E-state index in [2.05, 4.69) is 20.3 Å². The molecule has 0 aliphatic carbocycles. The van der Waals surface area contributed by atoms with Crippen molar-refractivity contribution < 1.29 is 0 Å². The molecule has 0 saturated carbocycles. The second-order valence-corrected chi connectivity index (χ2v) is 5.34. The molecule has 2 aromatic carbocycles. The van der Waals surface area contributed by atoms with Gasteiger partial charge in [-0.1, -0.05) is 18.2 Å². The minimum Gasteiger partial charge on any atom is -0.398 e. The van der Waals surface area contributed by atoms with Crippen molar-refractivity contribution in [2.75, 3.05) is 11.1 Å². The summed E-state index contributed by atoms with van der Waals surface area (Å²) < 4.78 is 0. The molecule has 0 spiro atoms. The maximum atomic E-state index is 6.07. The van der Waals surface area contributed by atoms with E-state index in [1.807, 2.05) is 55.7 Å². The summed E-state index contributed by atoms with van der Waals surface area (Å²) >= 11 is 0. The van der Waals surface area contributed by atoms with Gasteiger partial charge in [0.15, 0.2) is 0 Å². The van der Waals surface area contributed by atoms with Gasteiger partial charge in [0.25, 0.3) is 0 Å². The molecule has 2 aromatic heterocycles. The number of nitrogens with zero attached hydrogens (tertiary/aromatic N) is 2. The molecule has 4 N–H and O–H groups in total. The third-order valence-corrected chi connectivity index (χ3v) is 3.77. The Morgan fingerprint density at radius 1 is 1.18 bits per heavy atom. The Balaban J connectivity index is 1.77. The maximum Gasteiger partial charge on any atom is 0.227 e. The van der Waals surface area contributed by atoms with Crippen LogP contribution in [0.4, 0.5) is 17.3 Å². The molecule has 0 unspecified atom stereocenters. The van der Waals surface area contributed by atoms with Crippen LogP contribution in [0.1, 0.15) is 5.56 Å². The van der Waals surface area contributed by atoms with Crippen molar-refractivity contribution >= 4 is 39.1 Å². The molecule has 0 atom stereocenters. The number of para-hydroxylation sites is 1. The number of hydrogen-bond acceptors (Lipinski definition) is 4. The van der Waals surface area contributed by atoms with Crippen molar-refractivity contribution in [2.45, 2.75) is 6.92 Å². The minimum atomic E-state index is 0.562. The fourth-order valence-corrected chi connectivity index (χ4v) is 2.66. The van der Waals surface area contributed by atoms with Crippen LogP contribution < -0.4 is 11.1 Å². The topological polar surface area (TPSA) is 79.6 Å². The molecule has 0 bridgehead atoms. The quantitative estimate of drug-likeness (QED) is 0.491. The minimum absolute atomic E-state index is 0.562. The summed E-state index contributed by atoms with van der Waals surface area (Å²) in [4.78, 5) is 12.1. The largest absolute Gasteiger partial charge is 0.398 e. The van der Waals surface area contributed by atoms with E-state index in [9.17, 15) is 0 Å². The van der Waals surface area contributed by atoms with Crippen molar-refractivity contribution in [2.24, 2.45) is 0 Å². The fourth-order valence-electron chi connectivity index (χ4n) is 2.66. The first-order valence-corrected chi connectivity index (χ1v) is 7.07. The number of fused-ring (bicyclic) bond motifs is 2. The lowest BCUT2D eigenvalue weighted by atomic mass is 10.1. The van der Waals surface area contributed by atoms with E-state index in [0.29, 0.717) is 5.95 Å². The van der Waals surface area contributed by atoms with E-state index in [4.69, 9.17) is 5.73 Å². The molecule has 108 valence electrons. The Labute approximate surface area is 127 Å². The Morgan fingerprint density at radius 3 is 3.00 bits per heavy atom. The van der Waals surface area contributed by atoms with Gasteiger partial charge in [0.2, 0.25) is 5.95 Å². The van der Waals surface area contributed by atoms with E-state index in [-0.39, 0.29) is 0 Å². The standard InChI is InChI=1S/C17H15N5/c1-10-3-2-4-11-9-20-17(22-16(10)11)21-12-7-14(18)13-5-6-19-15(13)8-12/h2-9,19H,18H2,1H3,(H,20,21,22).